The zero-order valence-electron chi connectivity index (χ0n) is 41.4. The van der Waals surface area contributed by atoms with Gasteiger partial charge in [0.2, 0.25) is 11.8 Å². The lowest BCUT2D eigenvalue weighted by molar-refractivity contribution is -0.147. The second-order valence-electron chi connectivity index (χ2n) is 18.2. The van der Waals surface area contributed by atoms with Crippen molar-refractivity contribution in [2.24, 2.45) is 0 Å². The fourth-order valence-corrected chi connectivity index (χ4v) is 6.73. The molecule has 0 spiro atoms. The lowest BCUT2D eigenvalue weighted by atomic mass is 10.1. The minimum absolute atomic E-state index is 0.0142. The Labute approximate surface area is 410 Å². The average molecular weight is 989 g/mol. The number of nitrogens with zero attached hydrogens (tertiary/aromatic N) is 5. The highest BCUT2D eigenvalue weighted by Gasteiger charge is 2.28. The van der Waals surface area contributed by atoms with Gasteiger partial charge in [-0.1, -0.05) is 18.2 Å². The molecule has 0 aliphatic rings. The molecule has 3 heterocycles. The molecule has 2 aromatic carbocycles. The fraction of sp³-hybridized carbons (Fsp3) is 0.449. The lowest BCUT2D eigenvalue weighted by Gasteiger charge is -2.24. The monoisotopic (exact) mass is 988 g/mol. The summed E-state index contributed by atoms with van der Waals surface area (Å²) in [5.74, 6) is -2.44. The van der Waals surface area contributed by atoms with Gasteiger partial charge >= 0.3 is 18.2 Å². The Kier molecular flexibility index (Phi) is 18.9. The number of hydrogen-bond acceptors (Lipinski definition) is 15. The van der Waals surface area contributed by atoms with Crippen LogP contribution in [0, 0.1) is 11.6 Å². The standard InChI is InChI=1S/C49H62F2N10O10/c1-10-67-32-25-35(50)34(36(51)26-32)28-61-38-18-12-11-16-33(38)41(60-61)43-54-27-39(42(59-43)57-31-19-21-52-40(24-31)56-30(3)62)68-22-15-23-69-45(64)29(2)55-44(63)37(58-47(66)71-49(7,8)9)17-13-14-20-53-46(65)70-48(4,5)6/h11-12,16,18-19,21,24-27,29,37H,10,13-15,17,20,22-23,28H2,1-9H3,(H,53,65)(H,55,63)(H,58,66)(H2,52,54,56,57,59,62)/t29-,37+/m0/s1. The van der Waals surface area contributed by atoms with E-state index in [1.807, 2.05) is 0 Å². The molecule has 20 nitrogen and oxygen atoms in total. The first kappa shape index (κ1) is 54.3. The fourth-order valence-electron chi connectivity index (χ4n) is 6.73. The van der Waals surface area contributed by atoms with Crippen molar-refractivity contribution in [1.82, 2.24) is 40.7 Å². The summed E-state index contributed by atoms with van der Waals surface area (Å²) in [5, 5.41) is 18.9. The van der Waals surface area contributed by atoms with Crippen LogP contribution >= 0.6 is 0 Å². The largest absolute Gasteiger partial charge is 0.494 e. The number of esters is 1. The lowest BCUT2D eigenvalue weighted by Crippen LogP contribution is -2.51. The van der Waals surface area contributed by atoms with E-state index >= 15 is 8.78 Å². The summed E-state index contributed by atoms with van der Waals surface area (Å²) in [6.45, 7) is 15.0. The summed E-state index contributed by atoms with van der Waals surface area (Å²) < 4.78 is 59.3. The molecule has 0 radical (unpaired) electrons. The van der Waals surface area contributed by atoms with Gasteiger partial charge < -0.3 is 50.3 Å². The van der Waals surface area contributed by atoms with Crippen molar-refractivity contribution in [3.05, 3.63) is 78.1 Å². The zero-order chi connectivity index (χ0) is 51.9. The molecule has 0 fully saturated rings. The molecule has 0 unspecified atom stereocenters. The summed E-state index contributed by atoms with van der Waals surface area (Å²) in [6, 6.07) is 10.4. The molecule has 0 saturated heterocycles. The molecule has 5 aromatic rings. The van der Waals surface area contributed by atoms with Crippen LogP contribution in [0.3, 0.4) is 0 Å². The van der Waals surface area contributed by atoms with Gasteiger partial charge in [0, 0.05) is 60.9 Å². The molecule has 22 heteroatoms. The molecule has 382 valence electrons. The zero-order valence-corrected chi connectivity index (χ0v) is 41.4. The highest BCUT2D eigenvalue weighted by Crippen LogP contribution is 2.32. The van der Waals surface area contributed by atoms with Gasteiger partial charge in [-0.2, -0.15) is 5.10 Å². The minimum Gasteiger partial charge on any atom is -0.494 e. The Morgan fingerprint density at radius 3 is 2.23 bits per heavy atom. The Bertz CT molecular complexity index is 2650. The molecule has 2 atom stereocenters. The van der Waals surface area contributed by atoms with E-state index in [1.54, 1.807) is 84.9 Å². The number of alkyl carbamates (subject to hydrolysis) is 2. The number of ether oxygens (including phenoxy) is 5. The topological polar surface area (TPSA) is 248 Å². The summed E-state index contributed by atoms with van der Waals surface area (Å²) in [5.41, 5.74) is -0.364. The number of fused-ring (bicyclic) bond motifs is 1. The first-order chi connectivity index (χ1) is 33.6. The maximum Gasteiger partial charge on any atom is 0.408 e. The third-order valence-corrected chi connectivity index (χ3v) is 9.78. The highest BCUT2D eigenvalue weighted by molar-refractivity contribution is 5.92. The number of nitrogens with one attached hydrogen (secondary N) is 5. The normalized spacial score (nSPS) is 12.3. The minimum atomic E-state index is -1.10. The van der Waals surface area contributed by atoms with Gasteiger partial charge in [0.25, 0.3) is 0 Å². The van der Waals surface area contributed by atoms with Crippen LogP contribution in [0.25, 0.3) is 22.4 Å². The number of pyridine rings is 1. The Morgan fingerprint density at radius 2 is 1.54 bits per heavy atom. The van der Waals surface area contributed by atoms with Crippen molar-refractivity contribution in [3.8, 4) is 23.0 Å². The van der Waals surface area contributed by atoms with Gasteiger partial charge in [0.15, 0.2) is 17.4 Å². The smallest absolute Gasteiger partial charge is 0.408 e. The molecule has 0 bridgehead atoms. The van der Waals surface area contributed by atoms with Crippen LogP contribution < -0.4 is 36.1 Å². The summed E-state index contributed by atoms with van der Waals surface area (Å²) in [4.78, 5) is 76.4. The van der Waals surface area contributed by atoms with Gasteiger partial charge in [0.05, 0.1) is 38.1 Å². The number of carbonyl (C=O) groups excluding carboxylic acids is 5. The van der Waals surface area contributed by atoms with Crippen LogP contribution in [-0.4, -0.2) is 104 Å². The molecular weight excluding hydrogens is 927 g/mol. The maximum absolute atomic E-state index is 15.2. The molecule has 5 rings (SSSR count). The number of aromatic nitrogens is 5. The molecular formula is C49H62F2N10O10. The van der Waals surface area contributed by atoms with E-state index in [9.17, 15) is 24.0 Å². The predicted octanol–water partition coefficient (Wildman–Crippen LogP) is 7.72. The second kappa shape index (κ2) is 24.8. The summed E-state index contributed by atoms with van der Waals surface area (Å²) in [6.07, 6.45) is 2.78. The molecule has 4 amide bonds. The van der Waals surface area contributed by atoms with Gasteiger partial charge in [-0.05, 0) is 86.8 Å². The van der Waals surface area contributed by atoms with Crippen LogP contribution in [-0.2, 0) is 35.1 Å². The Balaban J connectivity index is 1.25. The number of benzene rings is 2. The molecule has 71 heavy (non-hydrogen) atoms. The van der Waals surface area contributed by atoms with Gasteiger partial charge in [0.1, 0.15) is 52.2 Å². The number of unbranched alkanes of at least 4 members (excludes halogenated alkanes) is 1. The average Bonchev–Trinajstić information content (AvgIpc) is 3.64. The van der Waals surface area contributed by atoms with Gasteiger partial charge in [-0.15, -0.1) is 0 Å². The quantitative estimate of drug-likeness (QED) is 0.0253. The Morgan fingerprint density at radius 1 is 0.831 bits per heavy atom. The van der Waals surface area contributed by atoms with Crippen molar-refractivity contribution in [3.63, 3.8) is 0 Å². The number of hydrogen-bond donors (Lipinski definition) is 5. The number of halogens is 2. The molecule has 0 aliphatic heterocycles. The van der Waals surface area contributed by atoms with Crippen molar-refractivity contribution in [2.75, 3.05) is 37.0 Å². The predicted molar refractivity (Wildman–Crippen MR) is 259 cm³/mol. The molecule has 3 aromatic heterocycles. The van der Waals surface area contributed by atoms with Crippen LogP contribution in [0.4, 0.5) is 35.7 Å². The van der Waals surface area contributed by atoms with E-state index in [1.165, 1.54) is 30.9 Å². The molecule has 0 saturated carbocycles. The van der Waals surface area contributed by atoms with Crippen molar-refractivity contribution < 1.29 is 56.4 Å². The number of rotatable bonds is 22. The SMILES string of the molecule is CCOc1cc(F)c(Cn2nc(-c3ncc(OCCCOC(=O)[C@H](C)NC(=O)[C@@H](CCCCNC(=O)OC(C)(C)C)NC(=O)OC(C)(C)C)c(Nc4ccnc(NC(C)=O)c4)n3)c3ccccc32)c(F)c1. The third-order valence-electron chi connectivity index (χ3n) is 9.78. The van der Waals surface area contributed by atoms with E-state index in [-0.39, 0.29) is 86.2 Å². The van der Waals surface area contributed by atoms with Gasteiger partial charge in [-0.3, -0.25) is 14.3 Å². The van der Waals surface area contributed by atoms with Crippen molar-refractivity contribution in [1.29, 1.82) is 0 Å². The number of para-hydroxylation sites is 1. The van der Waals surface area contributed by atoms with Crippen LogP contribution in [0.1, 0.15) is 93.6 Å². The second-order valence-corrected chi connectivity index (χ2v) is 18.2. The third kappa shape index (κ3) is 17.1. The summed E-state index contributed by atoms with van der Waals surface area (Å²) >= 11 is 0. The summed E-state index contributed by atoms with van der Waals surface area (Å²) in [7, 11) is 0. The van der Waals surface area contributed by atoms with Crippen LogP contribution in [0.2, 0.25) is 0 Å². The number of carbonyl (C=O) groups is 5. The Hall–Kier alpha value is -7.65. The van der Waals surface area contributed by atoms with Crippen LogP contribution in [0.5, 0.6) is 11.5 Å². The molecule has 0 aliphatic carbocycles. The van der Waals surface area contributed by atoms with Crippen LogP contribution in [0.15, 0.2) is 60.9 Å². The van der Waals surface area contributed by atoms with E-state index in [2.05, 4.69) is 36.6 Å². The first-order valence-electron chi connectivity index (χ1n) is 23.1. The van der Waals surface area contributed by atoms with E-state index < -0.39 is 59.0 Å². The van der Waals surface area contributed by atoms with E-state index in [4.69, 9.17) is 33.8 Å². The van der Waals surface area contributed by atoms with E-state index in [0.717, 1.165) is 12.1 Å². The van der Waals surface area contributed by atoms with Crippen molar-refractivity contribution in [2.45, 2.75) is 118 Å². The maximum atomic E-state index is 15.2. The first-order valence-corrected chi connectivity index (χ1v) is 23.1. The van der Waals surface area contributed by atoms with Gasteiger partial charge in [-0.25, -0.2) is 38.1 Å². The number of anilines is 3. The van der Waals surface area contributed by atoms with Crippen molar-refractivity contribution >= 4 is 58.2 Å². The number of amides is 4. The molecule has 5 N–H and O–H groups in total. The highest BCUT2D eigenvalue weighted by atomic mass is 19.1. The van der Waals surface area contributed by atoms with E-state index in [0.29, 0.717) is 35.1 Å².